The SMILES string of the molecule is CSc1sc(SC(N)=O)c2c1C(=O)CCC2(C)C. The number of hydrogen-bond acceptors (Lipinski definition) is 5. The van der Waals surface area contributed by atoms with Gasteiger partial charge in [-0.3, -0.25) is 9.59 Å². The average molecular weight is 301 g/mol. The van der Waals surface area contributed by atoms with Crippen molar-refractivity contribution in [2.75, 3.05) is 6.26 Å². The maximum absolute atomic E-state index is 12.1. The lowest BCUT2D eigenvalue weighted by Crippen LogP contribution is -2.27. The molecule has 6 heteroatoms. The van der Waals surface area contributed by atoms with Crippen LogP contribution in [0.1, 0.15) is 42.6 Å². The van der Waals surface area contributed by atoms with Crippen LogP contribution in [0.15, 0.2) is 8.42 Å². The molecular weight excluding hydrogens is 286 g/mol. The Balaban J connectivity index is 2.64. The number of nitrogens with two attached hydrogens (primary N) is 1. The normalized spacial score (nSPS) is 17.6. The van der Waals surface area contributed by atoms with Crippen molar-refractivity contribution >= 4 is 45.9 Å². The fourth-order valence-corrected chi connectivity index (χ4v) is 5.70. The summed E-state index contributed by atoms with van der Waals surface area (Å²) in [4.78, 5) is 23.3. The summed E-state index contributed by atoms with van der Waals surface area (Å²) >= 11 is 4.13. The quantitative estimate of drug-likeness (QED) is 0.842. The van der Waals surface area contributed by atoms with Crippen LogP contribution in [-0.4, -0.2) is 17.3 Å². The summed E-state index contributed by atoms with van der Waals surface area (Å²) in [6.45, 7) is 4.25. The lowest BCUT2D eigenvalue weighted by Gasteiger charge is -2.30. The van der Waals surface area contributed by atoms with Gasteiger partial charge in [0.2, 0.25) is 0 Å². The van der Waals surface area contributed by atoms with Gasteiger partial charge in [0.1, 0.15) is 0 Å². The molecule has 3 nitrogen and oxygen atoms in total. The van der Waals surface area contributed by atoms with Crippen LogP contribution in [-0.2, 0) is 5.41 Å². The summed E-state index contributed by atoms with van der Waals surface area (Å²) in [6, 6.07) is 0. The van der Waals surface area contributed by atoms with Gasteiger partial charge >= 0.3 is 0 Å². The summed E-state index contributed by atoms with van der Waals surface area (Å²) in [5.41, 5.74) is 7.06. The molecule has 0 saturated carbocycles. The van der Waals surface area contributed by atoms with Gasteiger partial charge in [0, 0.05) is 12.0 Å². The molecule has 2 rings (SSSR count). The molecule has 0 spiro atoms. The van der Waals surface area contributed by atoms with Crippen LogP contribution in [0.25, 0.3) is 0 Å². The first-order valence-electron chi connectivity index (χ1n) is 5.58. The first kappa shape index (κ1) is 14.0. The highest BCUT2D eigenvalue weighted by molar-refractivity contribution is 8.15. The lowest BCUT2D eigenvalue weighted by molar-refractivity contribution is 0.0954. The monoisotopic (exact) mass is 301 g/mol. The van der Waals surface area contributed by atoms with Gasteiger partial charge in [0.05, 0.1) is 8.42 Å². The largest absolute Gasteiger partial charge is 0.360 e. The summed E-state index contributed by atoms with van der Waals surface area (Å²) in [5, 5.41) is -0.416. The Morgan fingerprint density at radius 2 is 2.06 bits per heavy atom. The number of fused-ring (bicyclic) bond motifs is 1. The molecule has 1 aromatic rings. The lowest BCUT2D eigenvalue weighted by atomic mass is 9.74. The van der Waals surface area contributed by atoms with Crippen molar-refractivity contribution in [2.24, 2.45) is 5.73 Å². The van der Waals surface area contributed by atoms with Crippen LogP contribution in [0.4, 0.5) is 4.79 Å². The summed E-state index contributed by atoms with van der Waals surface area (Å²) in [5.74, 6) is 0.196. The molecule has 0 aromatic carbocycles. The third-order valence-electron chi connectivity index (χ3n) is 3.16. The molecular formula is C12H15NO2S3. The summed E-state index contributed by atoms with van der Waals surface area (Å²) in [6.07, 6.45) is 3.38. The number of hydrogen-bond donors (Lipinski definition) is 1. The zero-order valence-corrected chi connectivity index (χ0v) is 13.0. The molecule has 0 bridgehead atoms. The van der Waals surface area contributed by atoms with Crippen LogP contribution in [0.2, 0.25) is 0 Å². The molecule has 1 aliphatic carbocycles. The molecule has 0 aliphatic heterocycles. The van der Waals surface area contributed by atoms with Crippen molar-refractivity contribution in [1.82, 2.24) is 0 Å². The summed E-state index contributed by atoms with van der Waals surface area (Å²) < 4.78 is 1.89. The molecule has 0 radical (unpaired) electrons. The Hall–Kier alpha value is -0.460. The fourth-order valence-electron chi connectivity index (χ4n) is 2.24. The van der Waals surface area contributed by atoms with E-state index in [1.165, 1.54) is 11.3 Å². The minimum absolute atomic E-state index is 0.0640. The third kappa shape index (κ3) is 2.33. The van der Waals surface area contributed by atoms with E-state index < -0.39 is 5.24 Å². The molecule has 2 N–H and O–H groups in total. The standard InChI is InChI=1S/C12H15NO2S3/c1-12(2)5-4-6(14)7-8(12)10(18-11(13)15)17-9(7)16-3/h4-5H2,1-3H3,(H2,13,15). The van der Waals surface area contributed by atoms with Crippen molar-refractivity contribution in [2.45, 2.75) is 40.5 Å². The van der Waals surface area contributed by atoms with Gasteiger partial charge in [0.15, 0.2) is 5.78 Å². The van der Waals surface area contributed by atoms with Gasteiger partial charge in [-0.05, 0) is 35.4 Å². The number of carbonyl (C=O) groups excluding carboxylic acids is 2. The van der Waals surface area contributed by atoms with Gasteiger partial charge in [-0.15, -0.1) is 23.1 Å². The first-order chi connectivity index (χ1) is 8.36. The molecule has 0 fully saturated rings. The molecule has 1 heterocycles. The van der Waals surface area contributed by atoms with E-state index >= 15 is 0 Å². The summed E-state index contributed by atoms with van der Waals surface area (Å²) in [7, 11) is 0. The first-order valence-corrected chi connectivity index (χ1v) is 8.44. The second-order valence-electron chi connectivity index (χ2n) is 4.86. The van der Waals surface area contributed by atoms with Crippen molar-refractivity contribution < 1.29 is 9.59 Å². The van der Waals surface area contributed by atoms with E-state index in [2.05, 4.69) is 13.8 Å². The van der Waals surface area contributed by atoms with Crippen LogP contribution in [0.3, 0.4) is 0 Å². The maximum Gasteiger partial charge on any atom is 0.282 e. The van der Waals surface area contributed by atoms with Gasteiger partial charge < -0.3 is 5.73 Å². The average Bonchev–Trinajstić information content (AvgIpc) is 2.63. The highest BCUT2D eigenvalue weighted by Gasteiger charge is 2.38. The minimum Gasteiger partial charge on any atom is -0.360 e. The van der Waals surface area contributed by atoms with Gasteiger partial charge in [0.25, 0.3) is 5.24 Å². The van der Waals surface area contributed by atoms with E-state index in [-0.39, 0.29) is 11.2 Å². The van der Waals surface area contributed by atoms with Crippen LogP contribution in [0, 0.1) is 0 Å². The molecule has 0 atom stereocenters. The number of amides is 1. The smallest absolute Gasteiger partial charge is 0.282 e. The molecule has 0 unspecified atom stereocenters. The number of carbonyl (C=O) groups is 2. The van der Waals surface area contributed by atoms with Crippen molar-refractivity contribution in [3.63, 3.8) is 0 Å². The number of Topliss-reactive ketones (excluding diaryl/α,β-unsaturated/α-hetero) is 1. The Labute approximate surface area is 119 Å². The number of thioether (sulfide) groups is 2. The van der Waals surface area contributed by atoms with E-state index in [1.807, 2.05) is 6.26 Å². The third-order valence-corrected chi connectivity index (χ3v) is 6.35. The zero-order valence-electron chi connectivity index (χ0n) is 10.5. The van der Waals surface area contributed by atoms with Crippen LogP contribution in [0.5, 0.6) is 0 Å². The highest BCUT2D eigenvalue weighted by Crippen LogP contribution is 2.50. The second-order valence-corrected chi connectivity index (χ2v) is 8.23. The van der Waals surface area contributed by atoms with Crippen molar-refractivity contribution in [1.29, 1.82) is 0 Å². The van der Waals surface area contributed by atoms with E-state index in [9.17, 15) is 9.59 Å². The van der Waals surface area contributed by atoms with Crippen molar-refractivity contribution in [3.05, 3.63) is 11.1 Å². The maximum atomic E-state index is 12.1. The Morgan fingerprint density at radius 1 is 1.39 bits per heavy atom. The fraction of sp³-hybridized carbons (Fsp3) is 0.500. The number of ketones is 1. The minimum atomic E-state index is -0.416. The van der Waals surface area contributed by atoms with E-state index in [1.54, 1.807) is 11.8 Å². The number of thiophene rings is 1. The predicted octanol–water partition coefficient (Wildman–Crippen LogP) is 3.89. The zero-order chi connectivity index (χ0) is 13.5. The molecule has 1 aromatic heterocycles. The Kier molecular flexibility index (Phi) is 3.80. The van der Waals surface area contributed by atoms with E-state index in [4.69, 9.17) is 5.73 Å². The topological polar surface area (TPSA) is 60.2 Å². The Morgan fingerprint density at radius 3 is 2.61 bits per heavy atom. The van der Waals surface area contributed by atoms with Crippen LogP contribution < -0.4 is 5.73 Å². The predicted molar refractivity (Wildman–Crippen MR) is 78.1 cm³/mol. The van der Waals surface area contributed by atoms with E-state index in [0.717, 1.165) is 37.7 Å². The van der Waals surface area contributed by atoms with Gasteiger partial charge in [-0.1, -0.05) is 13.8 Å². The highest BCUT2D eigenvalue weighted by atomic mass is 32.2. The molecule has 1 amide bonds. The molecule has 1 aliphatic rings. The number of rotatable bonds is 2. The van der Waals surface area contributed by atoms with Gasteiger partial charge in [-0.2, -0.15) is 0 Å². The second kappa shape index (κ2) is 4.90. The number of primary amides is 1. The molecule has 98 valence electrons. The Bertz CT molecular complexity index is 520. The van der Waals surface area contributed by atoms with E-state index in [0.29, 0.717) is 6.42 Å². The molecule has 18 heavy (non-hydrogen) atoms. The van der Waals surface area contributed by atoms with Crippen molar-refractivity contribution in [3.8, 4) is 0 Å². The van der Waals surface area contributed by atoms with Crippen LogP contribution >= 0.6 is 34.9 Å². The van der Waals surface area contributed by atoms with Gasteiger partial charge in [-0.25, -0.2) is 0 Å². The molecule has 0 saturated heterocycles.